The molecule has 4 aromatic rings. The predicted octanol–water partition coefficient (Wildman–Crippen LogP) is 4.93. The first-order chi connectivity index (χ1) is 13.6. The number of nitrogens with one attached hydrogen (secondary N) is 1. The smallest absolute Gasteiger partial charge is 0.255 e. The molecule has 0 atom stereocenters. The Kier molecular flexibility index (Phi) is 5.07. The fraction of sp³-hybridized carbons (Fsp3) is 0.208. The van der Waals surface area contributed by atoms with Crippen molar-refractivity contribution in [2.45, 2.75) is 20.4 Å². The normalized spacial score (nSPS) is 13.2. The second-order valence-electron chi connectivity index (χ2n) is 7.24. The number of hydrogen-bond acceptors (Lipinski definition) is 2. The zero-order valence-corrected chi connectivity index (χ0v) is 16.3. The Bertz CT molecular complexity index is 1250. The van der Waals surface area contributed by atoms with Gasteiger partial charge in [-0.15, -0.1) is 0 Å². The fourth-order valence-electron chi connectivity index (χ4n) is 4.16. The highest BCUT2D eigenvalue weighted by atomic mass is 35.5. The van der Waals surface area contributed by atoms with E-state index in [9.17, 15) is 4.79 Å². The number of nitrogens with zero attached hydrogens (tertiary/aromatic N) is 2. The summed E-state index contributed by atoms with van der Waals surface area (Å²) in [4.78, 5) is 12.8. The summed E-state index contributed by atoms with van der Waals surface area (Å²) in [6, 6.07) is 17.4. The van der Waals surface area contributed by atoms with Gasteiger partial charge in [0.25, 0.3) is 5.56 Å². The van der Waals surface area contributed by atoms with E-state index in [0.717, 1.165) is 36.3 Å². The second-order valence-corrected chi connectivity index (χ2v) is 7.68. The Hall–Kier alpha value is -2.82. The van der Waals surface area contributed by atoms with Crippen LogP contribution in [0.1, 0.15) is 18.7 Å². The van der Waals surface area contributed by atoms with E-state index < -0.39 is 0 Å². The summed E-state index contributed by atoms with van der Waals surface area (Å²) < 4.78 is 3.96. The Balaban J connectivity index is 0.00000205. The Morgan fingerprint density at radius 1 is 1.00 bits per heavy atom. The second kappa shape index (κ2) is 7.54. The maximum Gasteiger partial charge on any atom is 0.255 e. The standard InChI is InChI=1S/C23H20ClN3O.CH4/c1-26-21-8-10-25-14-20(21)19-7-6-18(13-22(19)26)27-11-9-16(12-23(27)28)15-2-4-17(24)5-3-15;/h2-7,9,11-13,25H,8,10,14H2,1H3;1H4. The Morgan fingerprint density at radius 2 is 1.79 bits per heavy atom. The minimum Gasteiger partial charge on any atom is -0.347 e. The van der Waals surface area contributed by atoms with Crippen LogP contribution in [0.25, 0.3) is 27.7 Å². The molecular formula is C24H24ClN3O. The van der Waals surface area contributed by atoms with Crippen LogP contribution in [0.5, 0.6) is 0 Å². The number of pyridine rings is 1. The minimum absolute atomic E-state index is 0. The fourth-order valence-corrected chi connectivity index (χ4v) is 4.28. The molecule has 3 heterocycles. The third-order valence-electron chi connectivity index (χ3n) is 5.64. The van der Waals surface area contributed by atoms with Gasteiger partial charge in [0.05, 0.1) is 11.2 Å². The largest absolute Gasteiger partial charge is 0.347 e. The third-order valence-corrected chi connectivity index (χ3v) is 5.89. The van der Waals surface area contributed by atoms with Crippen LogP contribution in [0.4, 0.5) is 0 Å². The first-order valence-corrected chi connectivity index (χ1v) is 9.79. The number of fused-ring (bicyclic) bond motifs is 3. The predicted molar refractivity (Wildman–Crippen MR) is 121 cm³/mol. The molecule has 1 N–H and O–H groups in total. The van der Waals surface area contributed by atoms with Crippen molar-refractivity contribution in [3.8, 4) is 16.8 Å². The van der Waals surface area contributed by atoms with Gasteiger partial charge in [0.2, 0.25) is 0 Å². The molecule has 0 saturated carbocycles. The lowest BCUT2D eigenvalue weighted by molar-refractivity contribution is 0.622. The van der Waals surface area contributed by atoms with E-state index in [1.165, 1.54) is 22.2 Å². The molecular weight excluding hydrogens is 382 g/mol. The van der Waals surface area contributed by atoms with Gasteiger partial charge in [-0.05, 0) is 47.0 Å². The number of aromatic nitrogens is 2. The van der Waals surface area contributed by atoms with E-state index in [4.69, 9.17) is 11.6 Å². The Morgan fingerprint density at radius 3 is 2.55 bits per heavy atom. The third kappa shape index (κ3) is 3.28. The van der Waals surface area contributed by atoms with Crippen LogP contribution in [-0.2, 0) is 20.0 Å². The minimum atomic E-state index is -0.0487. The van der Waals surface area contributed by atoms with Crippen LogP contribution in [0, 0.1) is 0 Å². The molecule has 0 bridgehead atoms. The molecule has 0 saturated heterocycles. The molecule has 1 aliphatic heterocycles. The summed E-state index contributed by atoms with van der Waals surface area (Å²) in [7, 11) is 2.11. The van der Waals surface area contributed by atoms with Crippen LogP contribution >= 0.6 is 11.6 Å². The van der Waals surface area contributed by atoms with E-state index in [1.54, 1.807) is 10.6 Å². The van der Waals surface area contributed by atoms with E-state index in [2.05, 4.69) is 29.1 Å². The Labute approximate surface area is 175 Å². The van der Waals surface area contributed by atoms with Crippen LogP contribution in [-0.4, -0.2) is 15.7 Å². The number of hydrogen-bond donors (Lipinski definition) is 1. The maximum atomic E-state index is 12.8. The van der Waals surface area contributed by atoms with Gasteiger partial charge in [-0.1, -0.05) is 37.2 Å². The average molecular weight is 406 g/mol. The van der Waals surface area contributed by atoms with Crippen molar-refractivity contribution in [3.05, 3.63) is 87.4 Å². The molecule has 1 aliphatic rings. The molecule has 0 radical (unpaired) electrons. The van der Waals surface area contributed by atoms with Crippen molar-refractivity contribution in [1.29, 1.82) is 0 Å². The van der Waals surface area contributed by atoms with Crippen molar-refractivity contribution in [1.82, 2.24) is 14.5 Å². The summed E-state index contributed by atoms with van der Waals surface area (Å²) in [5.41, 5.74) is 6.63. The van der Waals surface area contributed by atoms with E-state index in [0.29, 0.717) is 5.02 Å². The molecule has 148 valence electrons. The molecule has 5 heteroatoms. The van der Waals surface area contributed by atoms with Gasteiger partial charge in [-0.25, -0.2) is 0 Å². The molecule has 0 spiro atoms. The van der Waals surface area contributed by atoms with Gasteiger partial charge in [0, 0.05) is 54.9 Å². The van der Waals surface area contributed by atoms with Crippen molar-refractivity contribution < 1.29 is 0 Å². The molecule has 5 rings (SSSR count). The van der Waals surface area contributed by atoms with Gasteiger partial charge >= 0.3 is 0 Å². The van der Waals surface area contributed by atoms with Gasteiger partial charge in [0.1, 0.15) is 0 Å². The zero-order chi connectivity index (χ0) is 19.3. The molecule has 0 aliphatic carbocycles. The summed E-state index contributed by atoms with van der Waals surface area (Å²) in [5.74, 6) is 0. The van der Waals surface area contributed by atoms with Gasteiger partial charge < -0.3 is 9.88 Å². The number of rotatable bonds is 2. The SMILES string of the molecule is C.Cn1c2c(c3ccc(-n4ccc(-c5ccc(Cl)cc5)cc4=O)cc31)CNCC2. The van der Waals surface area contributed by atoms with Gasteiger partial charge in [-0.3, -0.25) is 9.36 Å². The van der Waals surface area contributed by atoms with Crippen molar-refractivity contribution in [3.63, 3.8) is 0 Å². The van der Waals surface area contributed by atoms with Gasteiger partial charge in [0.15, 0.2) is 0 Å². The number of halogens is 1. The lowest BCUT2D eigenvalue weighted by Gasteiger charge is -2.14. The number of aryl methyl sites for hydroxylation is 1. The summed E-state index contributed by atoms with van der Waals surface area (Å²) in [6.07, 6.45) is 2.88. The highest BCUT2D eigenvalue weighted by Gasteiger charge is 2.18. The topological polar surface area (TPSA) is 39.0 Å². The highest BCUT2D eigenvalue weighted by Crippen LogP contribution is 2.29. The van der Waals surface area contributed by atoms with E-state index in [-0.39, 0.29) is 13.0 Å². The highest BCUT2D eigenvalue weighted by molar-refractivity contribution is 6.30. The molecule has 2 aromatic carbocycles. The molecule has 4 nitrogen and oxygen atoms in total. The van der Waals surface area contributed by atoms with Crippen molar-refractivity contribution in [2.24, 2.45) is 7.05 Å². The molecule has 0 fully saturated rings. The van der Waals surface area contributed by atoms with Crippen LogP contribution in [0.15, 0.2) is 65.6 Å². The maximum absolute atomic E-state index is 12.8. The number of benzene rings is 2. The average Bonchev–Trinajstić information content (AvgIpc) is 3.01. The van der Waals surface area contributed by atoms with Crippen molar-refractivity contribution >= 4 is 22.5 Å². The van der Waals surface area contributed by atoms with Crippen LogP contribution < -0.4 is 10.9 Å². The van der Waals surface area contributed by atoms with Crippen LogP contribution in [0.3, 0.4) is 0 Å². The van der Waals surface area contributed by atoms with E-state index >= 15 is 0 Å². The lowest BCUT2D eigenvalue weighted by atomic mass is 10.1. The zero-order valence-electron chi connectivity index (χ0n) is 15.6. The van der Waals surface area contributed by atoms with Crippen LogP contribution in [0.2, 0.25) is 5.02 Å². The molecule has 2 aromatic heterocycles. The lowest BCUT2D eigenvalue weighted by Crippen LogP contribution is -2.24. The monoisotopic (exact) mass is 405 g/mol. The molecule has 0 amide bonds. The first-order valence-electron chi connectivity index (χ1n) is 9.42. The summed E-state index contributed by atoms with van der Waals surface area (Å²) in [5, 5.41) is 5.40. The molecule has 29 heavy (non-hydrogen) atoms. The quantitative estimate of drug-likeness (QED) is 0.513. The van der Waals surface area contributed by atoms with Crippen molar-refractivity contribution in [2.75, 3.05) is 6.54 Å². The molecule has 0 unspecified atom stereocenters. The van der Waals surface area contributed by atoms with Gasteiger partial charge in [-0.2, -0.15) is 0 Å². The van der Waals surface area contributed by atoms with E-state index in [1.807, 2.05) is 42.6 Å². The summed E-state index contributed by atoms with van der Waals surface area (Å²) >= 11 is 5.96. The first kappa shape index (κ1) is 19.5. The summed E-state index contributed by atoms with van der Waals surface area (Å²) in [6.45, 7) is 1.91.